The van der Waals surface area contributed by atoms with E-state index in [0.29, 0.717) is 12.2 Å². The van der Waals surface area contributed by atoms with E-state index in [1.165, 1.54) is 30.4 Å². The highest BCUT2D eigenvalue weighted by molar-refractivity contribution is 5.78. The Morgan fingerprint density at radius 3 is 2.52 bits per heavy atom. The molecule has 1 aliphatic heterocycles. The molecular formula is C33H47N5O2. The van der Waals surface area contributed by atoms with E-state index in [4.69, 9.17) is 10.7 Å². The number of aryl methyl sites for hydroxylation is 1. The number of rotatable bonds is 11. The minimum absolute atomic E-state index is 0.371. The van der Waals surface area contributed by atoms with E-state index in [2.05, 4.69) is 53.0 Å². The molecule has 0 amide bonds. The Labute approximate surface area is 239 Å². The Morgan fingerprint density at radius 2 is 1.88 bits per heavy atom. The molecule has 7 nitrogen and oxygen atoms in total. The van der Waals surface area contributed by atoms with Gasteiger partial charge in [0.25, 0.3) is 0 Å². The molecule has 0 spiro atoms. The number of carbonyl (C=O) groups is 1. The van der Waals surface area contributed by atoms with E-state index in [1.54, 1.807) is 0 Å². The number of benzene rings is 2. The summed E-state index contributed by atoms with van der Waals surface area (Å²) in [6.07, 6.45) is 7.74. The summed E-state index contributed by atoms with van der Waals surface area (Å²) >= 11 is 0. The van der Waals surface area contributed by atoms with Gasteiger partial charge in [0.15, 0.2) is 0 Å². The van der Waals surface area contributed by atoms with Gasteiger partial charge in [0.05, 0.1) is 23.3 Å². The summed E-state index contributed by atoms with van der Waals surface area (Å²) in [7, 11) is 0. The topological polar surface area (TPSA) is 96.4 Å². The maximum absolute atomic E-state index is 12.6. The highest BCUT2D eigenvalue weighted by Crippen LogP contribution is 2.45. The van der Waals surface area contributed by atoms with Gasteiger partial charge in [0.2, 0.25) is 0 Å². The van der Waals surface area contributed by atoms with Gasteiger partial charge in [-0.3, -0.25) is 9.69 Å². The zero-order valence-corrected chi connectivity index (χ0v) is 25.1. The Kier molecular flexibility index (Phi) is 9.24. The highest BCUT2D eigenvalue weighted by atomic mass is 16.4. The molecule has 1 saturated heterocycles. The molecule has 4 N–H and O–H groups in total. The fraction of sp³-hybridized carbons (Fsp3) is 0.515. The fourth-order valence-electron chi connectivity index (χ4n) is 6.12. The number of nitrogens with one attached hydrogen (secondary N) is 1. The molecule has 0 bridgehead atoms. The Bertz CT molecular complexity index is 1320. The zero-order chi connectivity index (χ0) is 29.0. The number of hydrogen-bond acceptors (Lipinski definition) is 5. The van der Waals surface area contributed by atoms with Crippen LogP contribution < -0.4 is 11.1 Å². The quantitative estimate of drug-likeness (QED) is 0.240. The lowest BCUT2D eigenvalue weighted by Crippen LogP contribution is -2.34. The molecule has 1 aromatic heterocycles. The van der Waals surface area contributed by atoms with E-state index in [-0.39, 0.29) is 5.92 Å². The number of imidazole rings is 1. The maximum Gasteiger partial charge on any atom is 0.310 e. The van der Waals surface area contributed by atoms with Crippen LogP contribution in [-0.2, 0) is 17.9 Å². The number of nitrogens with two attached hydrogens (primary N) is 1. The van der Waals surface area contributed by atoms with Gasteiger partial charge in [0, 0.05) is 31.4 Å². The molecule has 2 aromatic carbocycles. The van der Waals surface area contributed by atoms with Gasteiger partial charge >= 0.3 is 5.97 Å². The predicted molar refractivity (Wildman–Crippen MR) is 164 cm³/mol. The van der Waals surface area contributed by atoms with Crippen LogP contribution in [0, 0.1) is 25.2 Å². The average molecular weight is 546 g/mol. The van der Waals surface area contributed by atoms with Crippen molar-refractivity contribution in [3.05, 3.63) is 76.4 Å². The van der Waals surface area contributed by atoms with Crippen LogP contribution in [-0.4, -0.2) is 45.2 Å². The lowest BCUT2D eigenvalue weighted by atomic mass is 9.69. The minimum atomic E-state index is -1.05. The summed E-state index contributed by atoms with van der Waals surface area (Å²) in [6, 6.07) is 10.4. The maximum atomic E-state index is 12.6. The van der Waals surface area contributed by atoms with E-state index >= 15 is 0 Å². The van der Waals surface area contributed by atoms with E-state index in [9.17, 15) is 9.90 Å². The van der Waals surface area contributed by atoms with Crippen molar-refractivity contribution in [1.29, 1.82) is 0 Å². The lowest BCUT2D eigenvalue weighted by molar-refractivity contribution is -0.147. The third kappa shape index (κ3) is 6.20. The van der Waals surface area contributed by atoms with E-state index in [1.807, 2.05) is 46.0 Å². The molecular weight excluding hydrogens is 498 g/mol. The second kappa shape index (κ2) is 12.5. The first-order chi connectivity index (χ1) is 19.1. The lowest BCUT2D eigenvalue weighted by Gasteiger charge is -2.33. The highest BCUT2D eigenvalue weighted by Gasteiger charge is 2.40. The number of aromatic nitrogens is 2. The van der Waals surface area contributed by atoms with Crippen molar-refractivity contribution in [2.45, 2.75) is 79.8 Å². The first-order valence-corrected chi connectivity index (χ1v) is 14.7. The molecule has 216 valence electrons. The van der Waals surface area contributed by atoms with Crippen molar-refractivity contribution in [1.82, 2.24) is 14.5 Å². The normalized spacial score (nSPS) is 15.8. The number of carboxylic acids is 1. The minimum Gasteiger partial charge on any atom is -0.481 e. The Balaban J connectivity index is 1.67. The summed E-state index contributed by atoms with van der Waals surface area (Å²) in [5.41, 5.74) is 12.2. The number of likely N-dealkylation sites (tertiary alicyclic amines) is 1. The van der Waals surface area contributed by atoms with E-state index in [0.717, 1.165) is 60.3 Å². The van der Waals surface area contributed by atoms with Crippen LogP contribution in [0.15, 0.2) is 42.7 Å². The van der Waals surface area contributed by atoms with Gasteiger partial charge in [-0.05, 0) is 100 Å². The first kappa shape index (κ1) is 29.7. The van der Waals surface area contributed by atoms with Gasteiger partial charge in [0.1, 0.15) is 5.82 Å². The standard InChI is InChI=1S/C33H47N5O2/c1-7-24-13-16-37(17-14-24)21-29-36-15-18-38(29)20-26-19-25(10-9-22(26)3)30(33(5,6)32(39)40)27-11-12-28(35-8-2)31(34)23(27)4/h9-12,15,18-19,24,30,35H,7-8,13-14,16-17,20-21,34H2,1-6H3,(H,39,40)/t30-/m0/s1. The van der Waals surface area contributed by atoms with Crippen LogP contribution in [0.5, 0.6) is 0 Å². The van der Waals surface area contributed by atoms with Gasteiger partial charge in [-0.15, -0.1) is 0 Å². The molecule has 40 heavy (non-hydrogen) atoms. The van der Waals surface area contributed by atoms with Gasteiger partial charge in [-0.1, -0.05) is 37.6 Å². The Hall–Kier alpha value is -3.32. The van der Waals surface area contributed by atoms with Crippen LogP contribution in [0.1, 0.15) is 86.5 Å². The summed E-state index contributed by atoms with van der Waals surface area (Å²) in [5.74, 6) is 0.717. The number of carboxylic acid groups (broad SMARTS) is 1. The third-order valence-electron chi connectivity index (χ3n) is 9.01. The number of nitrogens with zero attached hydrogens (tertiary/aromatic N) is 3. The van der Waals surface area contributed by atoms with Crippen LogP contribution >= 0.6 is 0 Å². The number of aliphatic carboxylic acids is 1. The molecule has 0 radical (unpaired) electrons. The predicted octanol–water partition coefficient (Wildman–Crippen LogP) is 6.43. The van der Waals surface area contributed by atoms with Crippen LogP contribution in [0.4, 0.5) is 11.4 Å². The largest absolute Gasteiger partial charge is 0.481 e. The molecule has 1 aliphatic rings. The SMILES string of the molecule is CCNc1ccc([C@H](c2ccc(C)c(Cn3ccnc3CN3CCC(CC)CC3)c2)C(C)(C)C(=O)O)c(C)c1N. The second-order valence-electron chi connectivity index (χ2n) is 12.0. The molecule has 7 heteroatoms. The van der Waals surface area contributed by atoms with Gasteiger partial charge < -0.3 is 20.7 Å². The monoisotopic (exact) mass is 545 g/mol. The number of piperidine rings is 1. The van der Waals surface area contributed by atoms with Crippen LogP contribution in [0.25, 0.3) is 0 Å². The van der Waals surface area contributed by atoms with Crippen molar-refractivity contribution in [3.8, 4) is 0 Å². The van der Waals surface area contributed by atoms with Crippen LogP contribution in [0.3, 0.4) is 0 Å². The van der Waals surface area contributed by atoms with Crippen molar-refractivity contribution < 1.29 is 9.90 Å². The molecule has 3 aromatic rings. The fourth-order valence-corrected chi connectivity index (χ4v) is 6.12. The van der Waals surface area contributed by atoms with Crippen LogP contribution in [0.2, 0.25) is 0 Å². The van der Waals surface area contributed by atoms with Crippen molar-refractivity contribution in [2.75, 3.05) is 30.7 Å². The smallest absolute Gasteiger partial charge is 0.310 e. The van der Waals surface area contributed by atoms with Gasteiger partial charge in [-0.25, -0.2) is 4.98 Å². The van der Waals surface area contributed by atoms with Crippen molar-refractivity contribution in [2.24, 2.45) is 11.3 Å². The summed E-state index contributed by atoms with van der Waals surface area (Å²) in [6.45, 7) is 16.6. The molecule has 1 fully saturated rings. The Morgan fingerprint density at radius 1 is 1.15 bits per heavy atom. The molecule has 0 aliphatic carbocycles. The summed E-state index contributed by atoms with van der Waals surface area (Å²) in [4.78, 5) is 19.8. The number of nitrogen functional groups attached to an aromatic ring is 1. The molecule has 4 rings (SSSR count). The van der Waals surface area contributed by atoms with Crippen molar-refractivity contribution >= 4 is 17.3 Å². The average Bonchev–Trinajstić information content (AvgIpc) is 3.36. The zero-order valence-electron chi connectivity index (χ0n) is 25.1. The third-order valence-corrected chi connectivity index (χ3v) is 9.01. The molecule has 0 saturated carbocycles. The van der Waals surface area contributed by atoms with Gasteiger partial charge in [-0.2, -0.15) is 0 Å². The number of hydrogen-bond donors (Lipinski definition) is 3. The summed E-state index contributed by atoms with van der Waals surface area (Å²) in [5, 5.41) is 13.6. The van der Waals surface area contributed by atoms with E-state index < -0.39 is 11.4 Å². The van der Waals surface area contributed by atoms with Crippen molar-refractivity contribution in [3.63, 3.8) is 0 Å². The molecule has 0 unspecified atom stereocenters. The summed E-state index contributed by atoms with van der Waals surface area (Å²) < 4.78 is 2.24. The molecule has 2 heterocycles. The molecule has 1 atom stereocenters. The number of anilines is 2. The first-order valence-electron chi connectivity index (χ1n) is 14.7. The second-order valence-corrected chi connectivity index (χ2v) is 12.0.